The van der Waals surface area contributed by atoms with Crippen LogP contribution in [0.5, 0.6) is 0 Å². The largest absolute Gasteiger partial charge is 0.354 e. The van der Waals surface area contributed by atoms with Gasteiger partial charge in [0.15, 0.2) is 0 Å². The summed E-state index contributed by atoms with van der Waals surface area (Å²) in [6, 6.07) is 4.30. The average molecular weight is 300 g/mol. The molecule has 0 radical (unpaired) electrons. The van der Waals surface area contributed by atoms with Gasteiger partial charge in [-0.15, -0.1) is 0 Å². The highest BCUT2D eigenvalue weighted by molar-refractivity contribution is 5.83. The van der Waals surface area contributed by atoms with Crippen LogP contribution in [0, 0.1) is 37.0 Å². The van der Waals surface area contributed by atoms with Crippen molar-refractivity contribution >= 4 is 5.91 Å². The molecule has 4 aliphatic carbocycles. The molecule has 4 aliphatic rings. The fourth-order valence-electron chi connectivity index (χ4n) is 5.91. The zero-order valence-corrected chi connectivity index (χ0v) is 13.9. The van der Waals surface area contributed by atoms with Crippen molar-refractivity contribution in [3.8, 4) is 0 Å². The van der Waals surface area contributed by atoms with Gasteiger partial charge in [-0.05, 0) is 82.3 Å². The summed E-state index contributed by atoms with van der Waals surface area (Å²) in [6.07, 6.45) is 7.67. The van der Waals surface area contributed by atoms with E-state index in [1.807, 2.05) is 0 Å². The number of rotatable bonds is 4. The van der Waals surface area contributed by atoms with E-state index >= 15 is 0 Å². The number of carbonyl (C=O) groups is 1. The highest BCUT2D eigenvalue weighted by atomic mass is 16.2. The lowest BCUT2D eigenvalue weighted by atomic mass is 9.49. The Bertz CT molecular complexity index is 531. The first-order valence-corrected chi connectivity index (χ1v) is 8.97. The van der Waals surface area contributed by atoms with Crippen LogP contribution in [0.25, 0.3) is 0 Å². The number of hydrogen-bond donors (Lipinski definition) is 1. The Morgan fingerprint density at radius 3 is 2.09 bits per heavy atom. The van der Waals surface area contributed by atoms with Gasteiger partial charge < -0.3 is 9.88 Å². The summed E-state index contributed by atoms with van der Waals surface area (Å²) in [7, 11) is 0. The van der Waals surface area contributed by atoms with E-state index in [1.54, 1.807) is 0 Å². The van der Waals surface area contributed by atoms with Crippen LogP contribution in [-0.2, 0) is 11.3 Å². The van der Waals surface area contributed by atoms with Crippen LogP contribution >= 0.6 is 0 Å². The van der Waals surface area contributed by atoms with E-state index in [1.165, 1.54) is 30.7 Å². The molecule has 4 bridgehead atoms. The molecule has 0 saturated heterocycles. The van der Waals surface area contributed by atoms with Crippen LogP contribution < -0.4 is 5.32 Å². The Labute approximate surface area is 133 Å². The zero-order chi connectivity index (χ0) is 15.3. The maximum absolute atomic E-state index is 12.9. The number of amides is 1. The second kappa shape index (κ2) is 5.14. The summed E-state index contributed by atoms with van der Waals surface area (Å²) in [6.45, 7) is 5.92. The van der Waals surface area contributed by atoms with Crippen LogP contribution in [0.4, 0.5) is 0 Å². The Balaban J connectivity index is 1.38. The Kier molecular flexibility index (Phi) is 3.35. The minimum absolute atomic E-state index is 0.00444. The summed E-state index contributed by atoms with van der Waals surface area (Å²) >= 11 is 0. The SMILES string of the molecule is Cc1ccc(C)n1CCNC(=O)C12CC3CC(CC(C3)C1)C2. The molecule has 4 saturated carbocycles. The third-order valence-corrected chi connectivity index (χ3v) is 6.56. The monoisotopic (exact) mass is 300 g/mol. The van der Waals surface area contributed by atoms with Gasteiger partial charge in [0.2, 0.25) is 5.91 Å². The van der Waals surface area contributed by atoms with E-state index in [0.29, 0.717) is 5.91 Å². The maximum atomic E-state index is 12.9. The minimum atomic E-state index is -0.00444. The molecule has 3 nitrogen and oxygen atoms in total. The summed E-state index contributed by atoms with van der Waals surface area (Å²) in [5.41, 5.74) is 2.55. The normalized spacial score (nSPS) is 35.8. The van der Waals surface area contributed by atoms with E-state index in [0.717, 1.165) is 50.1 Å². The molecule has 3 heteroatoms. The first-order valence-electron chi connectivity index (χ1n) is 8.97. The number of nitrogens with one attached hydrogen (secondary N) is 1. The molecular weight excluding hydrogens is 272 g/mol. The van der Waals surface area contributed by atoms with Crippen molar-refractivity contribution < 1.29 is 4.79 Å². The van der Waals surface area contributed by atoms with Gasteiger partial charge in [0.1, 0.15) is 0 Å². The number of aryl methyl sites for hydroxylation is 2. The third-order valence-electron chi connectivity index (χ3n) is 6.56. The maximum Gasteiger partial charge on any atom is 0.226 e. The molecule has 22 heavy (non-hydrogen) atoms. The van der Waals surface area contributed by atoms with E-state index < -0.39 is 0 Å². The fraction of sp³-hybridized carbons (Fsp3) is 0.737. The van der Waals surface area contributed by atoms with Crippen molar-refractivity contribution in [3.63, 3.8) is 0 Å². The average Bonchev–Trinajstić information content (AvgIpc) is 2.77. The zero-order valence-electron chi connectivity index (χ0n) is 13.9. The van der Waals surface area contributed by atoms with Gasteiger partial charge in [-0.3, -0.25) is 4.79 Å². The predicted molar refractivity (Wildman–Crippen MR) is 87.5 cm³/mol. The molecule has 0 aliphatic heterocycles. The van der Waals surface area contributed by atoms with Gasteiger partial charge >= 0.3 is 0 Å². The van der Waals surface area contributed by atoms with Crippen molar-refractivity contribution in [1.82, 2.24) is 9.88 Å². The standard InChI is InChI=1S/C19H28N2O/c1-13-3-4-14(2)21(13)6-5-20-18(22)19-10-15-7-16(11-19)9-17(8-15)12-19/h3-4,15-17H,5-12H2,1-2H3,(H,20,22). The molecule has 1 N–H and O–H groups in total. The van der Waals surface area contributed by atoms with Crippen LogP contribution in [0.15, 0.2) is 12.1 Å². The van der Waals surface area contributed by atoms with Crippen LogP contribution in [0.3, 0.4) is 0 Å². The van der Waals surface area contributed by atoms with Crippen molar-refractivity contribution in [1.29, 1.82) is 0 Å². The van der Waals surface area contributed by atoms with E-state index in [-0.39, 0.29) is 5.41 Å². The molecule has 0 spiro atoms. The number of nitrogens with zero attached hydrogens (tertiary/aromatic N) is 1. The highest BCUT2D eigenvalue weighted by Gasteiger charge is 2.54. The fourth-order valence-corrected chi connectivity index (χ4v) is 5.91. The minimum Gasteiger partial charge on any atom is -0.354 e. The Morgan fingerprint density at radius 1 is 1.09 bits per heavy atom. The van der Waals surface area contributed by atoms with E-state index in [2.05, 4.69) is 35.9 Å². The summed E-state index contributed by atoms with van der Waals surface area (Å²) in [5.74, 6) is 2.87. The molecule has 5 rings (SSSR count). The predicted octanol–water partition coefficient (Wildman–Crippen LogP) is 3.44. The quantitative estimate of drug-likeness (QED) is 0.908. The van der Waals surface area contributed by atoms with Crippen molar-refractivity contribution in [2.45, 2.75) is 58.9 Å². The molecule has 0 aromatic carbocycles. The molecule has 120 valence electrons. The second-order valence-electron chi connectivity index (χ2n) is 8.22. The first-order chi connectivity index (χ1) is 10.6. The molecule has 1 aromatic heterocycles. The van der Waals surface area contributed by atoms with Crippen LogP contribution in [-0.4, -0.2) is 17.0 Å². The lowest BCUT2D eigenvalue weighted by molar-refractivity contribution is -0.146. The number of hydrogen-bond acceptors (Lipinski definition) is 1. The summed E-state index contributed by atoms with van der Waals surface area (Å²) in [4.78, 5) is 12.9. The van der Waals surface area contributed by atoms with Crippen molar-refractivity contribution in [2.24, 2.45) is 23.2 Å². The van der Waals surface area contributed by atoms with Crippen molar-refractivity contribution in [2.75, 3.05) is 6.54 Å². The third kappa shape index (κ3) is 2.29. The van der Waals surface area contributed by atoms with E-state index in [4.69, 9.17) is 0 Å². The molecule has 1 amide bonds. The van der Waals surface area contributed by atoms with Gasteiger partial charge in [-0.25, -0.2) is 0 Å². The molecule has 0 unspecified atom stereocenters. The molecule has 1 heterocycles. The number of aromatic nitrogens is 1. The molecule has 0 atom stereocenters. The molecule has 1 aromatic rings. The number of carbonyl (C=O) groups excluding carboxylic acids is 1. The lowest BCUT2D eigenvalue weighted by Crippen LogP contribution is -2.53. The van der Waals surface area contributed by atoms with Gasteiger partial charge in [0.05, 0.1) is 0 Å². The van der Waals surface area contributed by atoms with Gasteiger partial charge in [-0.1, -0.05) is 0 Å². The Morgan fingerprint density at radius 2 is 1.59 bits per heavy atom. The molecule has 4 fully saturated rings. The van der Waals surface area contributed by atoms with E-state index in [9.17, 15) is 4.79 Å². The summed E-state index contributed by atoms with van der Waals surface area (Å²) in [5, 5.41) is 3.27. The lowest BCUT2D eigenvalue weighted by Gasteiger charge is -2.55. The molecular formula is C19H28N2O. The highest BCUT2D eigenvalue weighted by Crippen LogP contribution is 2.60. The second-order valence-corrected chi connectivity index (χ2v) is 8.22. The van der Waals surface area contributed by atoms with Crippen molar-refractivity contribution in [3.05, 3.63) is 23.5 Å². The topological polar surface area (TPSA) is 34.0 Å². The van der Waals surface area contributed by atoms with Gasteiger partial charge in [0, 0.05) is 29.9 Å². The summed E-state index contributed by atoms with van der Waals surface area (Å²) < 4.78 is 2.29. The van der Waals surface area contributed by atoms with Crippen LogP contribution in [0.1, 0.15) is 49.9 Å². The first kappa shape index (κ1) is 14.3. The Hall–Kier alpha value is -1.25. The van der Waals surface area contributed by atoms with Gasteiger partial charge in [-0.2, -0.15) is 0 Å². The van der Waals surface area contributed by atoms with Gasteiger partial charge in [0.25, 0.3) is 0 Å². The van der Waals surface area contributed by atoms with Crippen LogP contribution in [0.2, 0.25) is 0 Å². The smallest absolute Gasteiger partial charge is 0.226 e.